The molecule has 0 fully saturated rings. The molecule has 0 saturated carbocycles. The Morgan fingerprint density at radius 2 is 1.78 bits per heavy atom. The van der Waals surface area contributed by atoms with Crippen LogP contribution in [0.25, 0.3) is 0 Å². The lowest BCUT2D eigenvalue weighted by Crippen LogP contribution is -2.09. The van der Waals surface area contributed by atoms with Crippen LogP contribution in [-0.4, -0.2) is 8.42 Å². The molecule has 0 heterocycles. The molecule has 0 aromatic rings. The highest BCUT2D eigenvalue weighted by atomic mass is 35.7. The lowest BCUT2D eigenvalue weighted by atomic mass is 13.9. The van der Waals surface area contributed by atoms with E-state index >= 15 is 0 Å². The molecular formula is HClF2NO3PS. The van der Waals surface area contributed by atoms with Crippen LogP contribution >= 0.6 is 18.6 Å². The van der Waals surface area contributed by atoms with Gasteiger partial charge >= 0.3 is 17.2 Å². The second-order valence-electron chi connectivity index (χ2n) is 0.991. The predicted octanol–water partition coefficient (Wildman–Crippen LogP) is 1.11. The zero-order valence-corrected chi connectivity index (χ0v) is 6.18. The monoisotopic (exact) mass is 199 g/mol. The molecule has 56 valence electrons. The highest BCUT2D eigenvalue weighted by Gasteiger charge is 2.25. The molecule has 0 aromatic heterocycles. The lowest BCUT2D eigenvalue weighted by Gasteiger charge is -1.93. The second kappa shape index (κ2) is 2.49. The minimum Gasteiger partial charge on any atom is -0.231 e. The summed E-state index contributed by atoms with van der Waals surface area (Å²) in [6, 6.07) is 0. The van der Waals surface area contributed by atoms with Crippen molar-refractivity contribution in [1.29, 1.82) is 0 Å². The molecule has 9 heteroatoms. The summed E-state index contributed by atoms with van der Waals surface area (Å²) in [5.74, 6) is 0. The fourth-order valence-corrected chi connectivity index (χ4v) is 1.87. The molecule has 0 rings (SSSR count). The highest BCUT2D eigenvalue weighted by Crippen LogP contribution is 2.45. The Balaban J connectivity index is 4.26. The van der Waals surface area contributed by atoms with E-state index in [0.29, 0.717) is 4.49 Å². The molecule has 9 heavy (non-hydrogen) atoms. The fraction of sp³-hybridized carbons (Fsp3) is 0. The van der Waals surface area contributed by atoms with Crippen LogP contribution in [0.2, 0.25) is 0 Å². The Labute approximate surface area is 54.4 Å². The molecular weight excluding hydrogens is 198 g/mol. The van der Waals surface area contributed by atoms with Crippen molar-refractivity contribution in [2.24, 2.45) is 0 Å². The number of hydrogen-bond acceptors (Lipinski definition) is 3. The Bertz CT molecular complexity index is 228. The number of hydrogen-bond donors (Lipinski definition) is 1. The third kappa shape index (κ3) is 8.29. The largest absolute Gasteiger partial charge is 0.494 e. The van der Waals surface area contributed by atoms with E-state index in [1.165, 1.54) is 0 Å². The van der Waals surface area contributed by atoms with Gasteiger partial charge in [-0.05, 0) is 0 Å². The molecule has 0 radical (unpaired) electrons. The first-order valence-corrected chi connectivity index (χ1v) is 5.23. The Kier molecular flexibility index (Phi) is 2.57. The molecule has 4 nitrogen and oxygen atoms in total. The molecule has 0 aromatic carbocycles. The first-order chi connectivity index (χ1) is 3.71. The molecule has 0 spiro atoms. The smallest absolute Gasteiger partial charge is 0.231 e. The average molecular weight is 200 g/mol. The fourth-order valence-electron chi connectivity index (χ4n) is 0.127. The zero-order valence-electron chi connectivity index (χ0n) is 3.71. The van der Waals surface area contributed by atoms with E-state index in [-0.39, 0.29) is 0 Å². The van der Waals surface area contributed by atoms with E-state index in [9.17, 15) is 21.4 Å². The molecule has 1 N–H and O–H groups in total. The summed E-state index contributed by atoms with van der Waals surface area (Å²) in [6.45, 7) is 0. The third-order valence-electron chi connectivity index (χ3n) is 0.215. The van der Waals surface area contributed by atoms with Crippen LogP contribution in [0.4, 0.5) is 8.39 Å². The molecule has 0 aliphatic rings. The van der Waals surface area contributed by atoms with Gasteiger partial charge < -0.3 is 0 Å². The molecule has 0 unspecified atom stereocenters. The predicted molar refractivity (Wildman–Crippen MR) is 27.7 cm³/mol. The van der Waals surface area contributed by atoms with Crippen LogP contribution in [-0.2, 0) is 13.8 Å². The van der Waals surface area contributed by atoms with Gasteiger partial charge in [-0.2, -0.15) is 8.42 Å². The SMILES string of the molecule is O=P(F)(F)NS(=O)(=O)Cl. The standard InChI is InChI=1S/ClF2HNO3PS/c1-9(6,7)4-8(2,3)5/h(H,4,5). The van der Waals surface area contributed by atoms with Gasteiger partial charge in [-0.15, -0.1) is 8.39 Å². The van der Waals surface area contributed by atoms with E-state index in [0.717, 1.165) is 0 Å². The number of nitrogens with one attached hydrogen (secondary N) is 1. The minimum atomic E-state index is -5.76. The van der Waals surface area contributed by atoms with E-state index in [1.54, 1.807) is 0 Å². The minimum absolute atomic E-state index is 0.418. The molecule has 0 bridgehead atoms. The van der Waals surface area contributed by atoms with Crippen LogP contribution < -0.4 is 4.49 Å². The van der Waals surface area contributed by atoms with Crippen molar-refractivity contribution in [1.82, 2.24) is 4.49 Å². The highest BCUT2D eigenvalue weighted by molar-refractivity contribution is 8.15. The van der Waals surface area contributed by atoms with Gasteiger partial charge in [0.1, 0.15) is 0 Å². The summed E-state index contributed by atoms with van der Waals surface area (Å²) >= 11 is 0. The van der Waals surface area contributed by atoms with Crippen molar-refractivity contribution in [2.45, 2.75) is 0 Å². The number of rotatable bonds is 2. The van der Waals surface area contributed by atoms with Gasteiger partial charge in [-0.3, -0.25) is 0 Å². The van der Waals surface area contributed by atoms with Gasteiger partial charge in [0.15, 0.2) is 0 Å². The Morgan fingerprint density at radius 1 is 1.44 bits per heavy atom. The van der Waals surface area contributed by atoms with Crippen LogP contribution in [0, 0.1) is 0 Å². The molecule has 0 atom stereocenters. The lowest BCUT2D eigenvalue weighted by molar-refractivity contribution is 0.489. The Hall–Kier alpha value is 0.290. The maximum absolute atomic E-state index is 11.2. The molecule has 0 aliphatic carbocycles. The van der Waals surface area contributed by atoms with Crippen LogP contribution in [0.15, 0.2) is 0 Å². The van der Waals surface area contributed by atoms with Crippen molar-refractivity contribution in [3.05, 3.63) is 0 Å². The van der Waals surface area contributed by atoms with Crippen LogP contribution in [0.1, 0.15) is 0 Å². The van der Waals surface area contributed by atoms with Crippen molar-refractivity contribution < 1.29 is 21.4 Å². The average Bonchev–Trinajstić information content (AvgIpc) is 1.14. The quantitative estimate of drug-likeness (QED) is 0.535. The normalized spacial score (nSPS) is 13.7. The van der Waals surface area contributed by atoms with E-state index in [4.69, 9.17) is 0 Å². The maximum atomic E-state index is 11.2. The zero-order chi connectivity index (χ0) is 7.71. The van der Waals surface area contributed by atoms with Gasteiger partial charge in [0.2, 0.25) is 0 Å². The molecule has 0 amide bonds. The molecule has 0 saturated heterocycles. The summed E-state index contributed by atoms with van der Waals surface area (Å²) in [7, 11) is -6.10. The summed E-state index contributed by atoms with van der Waals surface area (Å²) in [6.07, 6.45) is 0. The summed E-state index contributed by atoms with van der Waals surface area (Å²) in [4.78, 5) is 0. The van der Waals surface area contributed by atoms with Crippen molar-refractivity contribution >= 4 is 27.8 Å². The van der Waals surface area contributed by atoms with Crippen LogP contribution in [0.3, 0.4) is 0 Å². The van der Waals surface area contributed by atoms with Gasteiger partial charge in [0, 0.05) is 10.7 Å². The van der Waals surface area contributed by atoms with Crippen LogP contribution in [0.5, 0.6) is 0 Å². The first-order valence-electron chi connectivity index (χ1n) is 1.44. The summed E-state index contributed by atoms with van der Waals surface area (Å²) < 4.78 is 51.4. The molecule has 0 aliphatic heterocycles. The Morgan fingerprint density at radius 3 is 1.78 bits per heavy atom. The van der Waals surface area contributed by atoms with Crippen molar-refractivity contribution in [3.63, 3.8) is 0 Å². The van der Waals surface area contributed by atoms with E-state index < -0.39 is 17.2 Å². The number of halogens is 3. The summed E-state index contributed by atoms with van der Waals surface area (Å²) in [5.41, 5.74) is 0. The first kappa shape index (κ1) is 9.29. The second-order valence-corrected chi connectivity index (χ2v) is 4.74. The van der Waals surface area contributed by atoms with Gasteiger partial charge in [0.05, 0.1) is 0 Å². The van der Waals surface area contributed by atoms with Gasteiger partial charge in [0.25, 0.3) is 0 Å². The van der Waals surface area contributed by atoms with Gasteiger partial charge in [-0.25, -0.2) is 4.57 Å². The maximum Gasteiger partial charge on any atom is 0.494 e. The topological polar surface area (TPSA) is 63.2 Å². The van der Waals surface area contributed by atoms with E-state index in [1.807, 2.05) is 0 Å². The van der Waals surface area contributed by atoms with E-state index in [2.05, 4.69) is 10.7 Å². The third-order valence-corrected chi connectivity index (χ3v) is 2.56. The van der Waals surface area contributed by atoms with Gasteiger partial charge in [-0.1, -0.05) is 4.49 Å². The summed E-state index contributed by atoms with van der Waals surface area (Å²) in [5, 5.41) is 0. The van der Waals surface area contributed by atoms with Crippen molar-refractivity contribution in [2.75, 3.05) is 0 Å². The van der Waals surface area contributed by atoms with Crippen molar-refractivity contribution in [3.8, 4) is 0 Å².